The summed E-state index contributed by atoms with van der Waals surface area (Å²) >= 11 is 0. The van der Waals surface area contributed by atoms with E-state index in [0.29, 0.717) is 17.9 Å². The predicted octanol–water partition coefficient (Wildman–Crippen LogP) is 2.05. The van der Waals surface area contributed by atoms with Gasteiger partial charge >= 0.3 is 0 Å². The summed E-state index contributed by atoms with van der Waals surface area (Å²) in [5, 5.41) is 3.33. The standard InChI is InChI=1S/C12H24N2O.ClH/c1-4-10(2)14(3)12(15)9-11-5-7-13-8-6-11;/h10-11,13H,4-9H2,1-3H3;1H. The zero-order valence-corrected chi connectivity index (χ0v) is 11.5. The van der Waals surface area contributed by atoms with Crippen LogP contribution in [0.25, 0.3) is 0 Å². The Morgan fingerprint density at radius 2 is 2.00 bits per heavy atom. The van der Waals surface area contributed by atoms with Gasteiger partial charge in [0.25, 0.3) is 0 Å². The van der Waals surface area contributed by atoms with Crippen molar-refractivity contribution in [2.75, 3.05) is 20.1 Å². The van der Waals surface area contributed by atoms with E-state index in [9.17, 15) is 4.79 Å². The Balaban J connectivity index is 0.00000225. The van der Waals surface area contributed by atoms with Crippen LogP contribution in [0.3, 0.4) is 0 Å². The van der Waals surface area contributed by atoms with E-state index < -0.39 is 0 Å². The Kier molecular flexibility index (Phi) is 7.77. The van der Waals surface area contributed by atoms with E-state index in [1.54, 1.807) is 0 Å². The van der Waals surface area contributed by atoms with Crippen LogP contribution in [0, 0.1) is 5.92 Å². The number of carbonyl (C=O) groups excluding carboxylic acids is 1. The van der Waals surface area contributed by atoms with Gasteiger partial charge in [-0.1, -0.05) is 6.92 Å². The lowest BCUT2D eigenvalue weighted by atomic mass is 9.94. The number of piperidine rings is 1. The number of nitrogens with zero attached hydrogens (tertiary/aromatic N) is 1. The molecule has 1 rings (SSSR count). The lowest BCUT2D eigenvalue weighted by Gasteiger charge is -2.28. The normalized spacial score (nSPS) is 18.7. The number of hydrogen-bond donors (Lipinski definition) is 1. The molecule has 1 amide bonds. The Bertz CT molecular complexity index is 205. The third-order valence-corrected chi connectivity index (χ3v) is 3.57. The van der Waals surface area contributed by atoms with Gasteiger partial charge in [0.05, 0.1) is 0 Å². The van der Waals surface area contributed by atoms with Crippen molar-refractivity contribution >= 4 is 18.3 Å². The van der Waals surface area contributed by atoms with Gasteiger partial charge in [0.2, 0.25) is 5.91 Å². The molecule has 0 aromatic carbocycles. The smallest absolute Gasteiger partial charge is 0.222 e. The molecule has 1 fully saturated rings. The summed E-state index contributed by atoms with van der Waals surface area (Å²) in [6, 6.07) is 0.374. The van der Waals surface area contributed by atoms with Crippen LogP contribution in [0.5, 0.6) is 0 Å². The first-order valence-electron chi connectivity index (χ1n) is 6.11. The average Bonchev–Trinajstić information content (AvgIpc) is 2.28. The second-order valence-corrected chi connectivity index (χ2v) is 4.66. The van der Waals surface area contributed by atoms with E-state index in [1.807, 2.05) is 11.9 Å². The van der Waals surface area contributed by atoms with E-state index in [1.165, 1.54) is 0 Å². The molecule has 1 unspecified atom stereocenters. The van der Waals surface area contributed by atoms with Crippen molar-refractivity contribution in [2.24, 2.45) is 5.92 Å². The molecule has 0 saturated carbocycles. The molecule has 1 atom stereocenters. The van der Waals surface area contributed by atoms with E-state index in [0.717, 1.165) is 38.8 Å². The molecule has 1 saturated heterocycles. The minimum atomic E-state index is 0. The van der Waals surface area contributed by atoms with Crippen molar-refractivity contribution in [3.63, 3.8) is 0 Å². The number of hydrogen-bond acceptors (Lipinski definition) is 2. The topological polar surface area (TPSA) is 32.3 Å². The van der Waals surface area contributed by atoms with Gasteiger partial charge in [-0.25, -0.2) is 0 Å². The molecule has 1 heterocycles. The molecule has 0 spiro atoms. The van der Waals surface area contributed by atoms with Crippen molar-refractivity contribution in [1.82, 2.24) is 10.2 Å². The van der Waals surface area contributed by atoms with Crippen LogP contribution in [0.2, 0.25) is 0 Å². The monoisotopic (exact) mass is 248 g/mol. The van der Waals surface area contributed by atoms with Crippen LogP contribution in [0.1, 0.15) is 39.5 Å². The van der Waals surface area contributed by atoms with Gasteiger partial charge in [-0.15, -0.1) is 12.4 Å². The third kappa shape index (κ3) is 4.71. The number of amides is 1. The fraction of sp³-hybridized carbons (Fsp3) is 0.917. The quantitative estimate of drug-likeness (QED) is 0.826. The second kappa shape index (κ2) is 7.91. The van der Waals surface area contributed by atoms with Gasteiger partial charge in [-0.3, -0.25) is 4.79 Å². The first-order chi connectivity index (χ1) is 7.15. The molecule has 0 bridgehead atoms. The van der Waals surface area contributed by atoms with Gasteiger partial charge < -0.3 is 10.2 Å². The highest BCUT2D eigenvalue weighted by Gasteiger charge is 2.20. The zero-order valence-electron chi connectivity index (χ0n) is 10.7. The van der Waals surface area contributed by atoms with E-state index in [4.69, 9.17) is 0 Å². The molecule has 16 heavy (non-hydrogen) atoms. The van der Waals surface area contributed by atoms with Crippen molar-refractivity contribution in [3.05, 3.63) is 0 Å². The third-order valence-electron chi connectivity index (χ3n) is 3.57. The molecule has 0 aromatic heterocycles. The molecule has 1 aliphatic rings. The van der Waals surface area contributed by atoms with Crippen LogP contribution >= 0.6 is 12.4 Å². The van der Waals surface area contributed by atoms with E-state index >= 15 is 0 Å². The van der Waals surface area contributed by atoms with Crippen LogP contribution in [0.15, 0.2) is 0 Å². The summed E-state index contributed by atoms with van der Waals surface area (Å²) in [4.78, 5) is 13.8. The van der Waals surface area contributed by atoms with Crippen LogP contribution < -0.4 is 5.32 Å². The molecular formula is C12H25ClN2O. The van der Waals surface area contributed by atoms with Crippen molar-refractivity contribution in [1.29, 1.82) is 0 Å². The molecule has 1 aliphatic heterocycles. The second-order valence-electron chi connectivity index (χ2n) is 4.66. The lowest BCUT2D eigenvalue weighted by molar-refractivity contribution is -0.132. The Hall–Kier alpha value is -0.280. The van der Waals surface area contributed by atoms with Crippen molar-refractivity contribution in [3.8, 4) is 0 Å². The fourth-order valence-corrected chi connectivity index (χ4v) is 2.00. The van der Waals surface area contributed by atoms with E-state index in [-0.39, 0.29) is 12.4 Å². The lowest BCUT2D eigenvalue weighted by Crippen LogP contribution is -2.37. The van der Waals surface area contributed by atoms with Gasteiger partial charge in [-0.2, -0.15) is 0 Å². The predicted molar refractivity (Wildman–Crippen MR) is 70.0 cm³/mol. The molecule has 1 N–H and O–H groups in total. The maximum Gasteiger partial charge on any atom is 0.222 e. The molecule has 3 nitrogen and oxygen atoms in total. The van der Waals surface area contributed by atoms with E-state index in [2.05, 4.69) is 19.2 Å². The van der Waals surface area contributed by atoms with Crippen LogP contribution in [-0.2, 0) is 4.79 Å². The van der Waals surface area contributed by atoms with Gasteiger partial charge in [0, 0.05) is 19.5 Å². The summed E-state index contributed by atoms with van der Waals surface area (Å²) in [5.74, 6) is 0.918. The molecule has 0 radical (unpaired) electrons. The molecule has 96 valence electrons. The molecule has 0 aliphatic carbocycles. The maximum absolute atomic E-state index is 11.9. The Morgan fingerprint density at radius 3 is 2.50 bits per heavy atom. The molecule has 0 aromatic rings. The number of carbonyl (C=O) groups is 1. The fourth-order valence-electron chi connectivity index (χ4n) is 2.00. The molecular weight excluding hydrogens is 224 g/mol. The maximum atomic E-state index is 11.9. The Morgan fingerprint density at radius 1 is 1.44 bits per heavy atom. The molecule has 4 heteroatoms. The van der Waals surface area contributed by atoms with Crippen molar-refractivity contribution < 1.29 is 4.79 Å². The summed E-state index contributed by atoms with van der Waals surface area (Å²) in [7, 11) is 1.93. The van der Waals surface area contributed by atoms with Crippen LogP contribution in [0.4, 0.5) is 0 Å². The summed E-state index contributed by atoms with van der Waals surface area (Å²) in [6.07, 6.45) is 4.08. The van der Waals surface area contributed by atoms with Gasteiger partial charge in [0.15, 0.2) is 0 Å². The summed E-state index contributed by atoms with van der Waals surface area (Å²) in [6.45, 7) is 6.38. The van der Waals surface area contributed by atoms with Gasteiger partial charge in [0.1, 0.15) is 0 Å². The summed E-state index contributed by atoms with van der Waals surface area (Å²) in [5.41, 5.74) is 0. The minimum absolute atomic E-state index is 0. The Labute approximate surface area is 105 Å². The highest BCUT2D eigenvalue weighted by molar-refractivity contribution is 5.85. The number of nitrogens with one attached hydrogen (secondary N) is 1. The minimum Gasteiger partial charge on any atom is -0.343 e. The van der Waals surface area contributed by atoms with Crippen molar-refractivity contribution in [2.45, 2.75) is 45.6 Å². The first-order valence-corrected chi connectivity index (χ1v) is 6.11. The first kappa shape index (κ1) is 15.7. The highest BCUT2D eigenvalue weighted by Crippen LogP contribution is 2.17. The summed E-state index contributed by atoms with van der Waals surface area (Å²) < 4.78 is 0. The SMILES string of the molecule is CCC(C)N(C)C(=O)CC1CCNCC1.Cl. The largest absolute Gasteiger partial charge is 0.343 e. The van der Waals surface area contributed by atoms with Crippen LogP contribution in [-0.4, -0.2) is 37.0 Å². The van der Waals surface area contributed by atoms with Gasteiger partial charge in [-0.05, 0) is 45.2 Å². The number of halogens is 1. The zero-order chi connectivity index (χ0) is 11.3. The average molecular weight is 249 g/mol. The number of rotatable bonds is 4. The highest BCUT2D eigenvalue weighted by atomic mass is 35.5.